The van der Waals surface area contributed by atoms with Gasteiger partial charge in [0.05, 0.1) is 0 Å². The Bertz CT molecular complexity index is 579. The standard InChI is InChI=1S/C14H13BrN2S/c1-9-2-5-11(6-3-9)17-13-8-10(15)4-7-12(13)14(16)18/h2-8,17H,1H3,(H2,16,18). The van der Waals surface area contributed by atoms with Crippen molar-refractivity contribution in [1.29, 1.82) is 0 Å². The topological polar surface area (TPSA) is 38.0 Å². The molecule has 2 nitrogen and oxygen atoms in total. The van der Waals surface area contributed by atoms with Crippen LogP contribution in [0.15, 0.2) is 46.9 Å². The van der Waals surface area contributed by atoms with Crippen LogP contribution < -0.4 is 11.1 Å². The monoisotopic (exact) mass is 320 g/mol. The lowest BCUT2D eigenvalue weighted by Gasteiger charge is -2.12. The molecule has 0 fully saturated rings. The Morgan fingerprint density at radius 3 is 2.44 bits per heavy atom. The van der Waals surface area contributed by atoms with Gasteiger partial charge in [-0.25, -0.2) is 0 Å². The van der Waals surface area contributed by atoms with Crippen molar-refractivity contribution in [2.45, 2.75) is 6.92 Å². The lowest BCUT2D eigenvalue weighted by atomic mass is 10.1. The van der Waals surface area contributed by atoms with Gasteiger partial charge >= 0.3 is 0 Å². The quantitative estimate of drug-likeness (QED) is 0.835. The summed E-state index contributed by atoms with van der Waals surface area (Å²) in [5.74, 6) is 0. The zero-order chi connectivity index (χ0) is 13.1. The SMILES string of the molecule is Cc1ccc(Nc2cc(Br)ccc2C(N)=S)cc1. The lowest BCUT2D eigenvalue weighted by Crippen LogP contribution is -2.11. The van der Waals surface area contributed by atoms with Crippen molar-refractivity contribution in [2.24, 2.45) is 5.73 Å². The predicted molar refractivity (Wildman–Crippen MR) is 84.5 cm³/mol. The zero-order valence-corrected chi connectivity index (χ0v) is 12.3. The first kappa shape index (κ1) is 13.1. The number of nitrogens with one attached hydrogen (secondary N) is 1. The maximum absolute atomic E-state index is 5.72. The molecule has 0 spiro atoms. The van der Waals surface area contributed by atoms with Crippen molar-refractivity contribution in [3.8, 4) is 0 Å². The van der Waals surface area contributed by atoms with Crippen molar-refractivity contribution in [2.75, 3.05) is 5.32 Å². The molecule has 4 heteroatoms. The second-order valence-electron chi connectivity index (χ2n) is 4.05. The Balaban J connectivity index is 2.35. The summed E-state index contributed by atoms with van der Waals surface area (Å²) in [6.45, 7) is 2.06. The lowest BCUT2D eigenvalue weighted by molar-refractivity contribution is 1.45. The summed E-state index contributed by atoms with van der Waals surface area (Å²) in [5, 5.41) is 3.32. The molecule has 0 saturated carbocycles. The third-order valence-corrected chi connectivity index (χ3v) is 3.29. The molecule has 0 aliphatic rings. The molecule has 0 radical (unpaired) electrons. The zero-order valence-electron chi connectivity index (χ0n) is 9.91. The van der Waals surface area contributed by atoms with Crippen LogP contribution in [-0.4, -0.2) is 4.99 Å². The van der Waals surface area contributed by atoms with Gasteiger partial charge in [-0.2, -0.15) is 0 Å². The minimum atomic E-state index is 0.386. The molecule has 2 aromatic rings. The average Bonchev–Trinajstić information content (AvgIpc) is 2.32. The van der Waals surface area contributed by atoms with Crippen LogP contribution in [-0.2, 0) is 0 Å². The highest BCUT2D eigenvalue weighted by Crippen LogP contribution is 2.25. The van der Waals surface area contributed by atoms with E-state index in [1.807, 2.05) is 30.3 Å². The van der Waals surface area contributed by atoms with Gasteiger partial charge in [0.15, 0.2) is 0 Å². The number of anilines is 2. The van der Waals surface area contributed by atoms with E-state index in [0.717, 1.165) is 21.4 Å². The van der Waals surface area contributed by atoms with E-state index in [2.05, 4.69) is 40.3 Å². The van der Waals surface area contributed by atoms with Crippen LogP contribution in [0.2, 0.25) is 0 Å². The van der Waals surface area contributed by atoms with Crippen molar-refractivity contribution in [1.82, 2.24) is 0 Å². The first-order valence-corrected chi connectivity index (χ1v) is 6.69. The van der Waals surface area contributed by atoms with Crippen LogP contribution in [0.25, 0.3) is 0 Å². The highest BCUT2D eigenvalue weighted by Gasteiger charge is 2.06. The molecular formula is C14H13BrN2S. The molecule has 0 unspecified atom stereocenters. The fraction of sp³-hybridized carbons (Fsp3) is 0.0714. The largest absolute Gasteiger partial charge is 0.389 e. The van der Waals surface area contributed by atoms with Gasteiger partial charge in [-0.15, -0.1) is 0 Å². The Morgan fingerprint density at radius 1 is 1.17 bits per heavy atom. The molecule has 0 atom stereocenters. The van der Waals surface area contributed by atoms with E-state index in [9.17, 15) is 0 Å². The number of rotatable bonds is 3. The second-order valence-corrected chi connectivity index (χ2v) is 5.40. The van der Waals surface area contributed by atoms with Crippen molar-refractivity contribution < 1.29 is 0 Å². The summed E-state index contributed by atoms with van der Waals surface area (Å²) in [7, 11) is 0. The van der Waals surface area contributed by atoms with Crippen LogP contribution in [0.5, 0.6) is 0 Å². The van der Waals surface area contributed by atoms with Gasteiger partial charge in [0.1, 0.15) is 4.99 Å². The van der Waals surface area contributed by atoms with Crippen LogP contribution in [0, 0.1) is 6.92 Å². The minimum Gasteiger partial charge on any atom is -0.389 e. The van der Waals surface area contributed by atoms with Gasteiger partial charge in [0.2, 0.25) is 0 Å². The average molecular weight is 321 g/mol. The van der Waals surface area contributed by atoms with Gasteiger partial charge in [0.25, 0.3) is 0 Å². The van der Waals surface area contributed by atoms with Gasteiger partial charge in [-0.1, -0.05) is 45.8 Å². The van der Waals surface area contributed by atoms with Gasteiger partial charge in [0, 0.05) is 21.4 Å². The van der Waals surface area contributed by atoms with E-state index < -0.39 is 0 Å². The van der Waals surface area contributed by atoms with Gasteiger partial charge in [-0.3, -0.25) is 0 Å². The predicted octanol–water partition coefficient (Wildman–Crippen LogP) is 4.14. The normalized spacial score (nSPS) is 10.1. The molecule has 0 aliphatic carbocycles. The highest BCUT2D eigenvalue weighted by atomic mass is 79.9. The molecule has 0 aromatic heterocycles. The molecule has 92 valence electrons. The van der Waals surface area contributed by atoms with Gasteiger partial charge in [-0.05, 0) is 37.3 Å². The first-order chi connectivity index (χ1) is 8.56. The fourth-order valence-electron chi connectivity index (χ4n) is 1.63. The van der Waals surface area contributed by atoms with Crippen LogP contribution >= 0.6 is 28.1 Å². The molecule has 0 heterocycles. The number of halogens is 1. The number of hydrogen-bond acceptors (Lipinski definition) is 2. The Hall–Kier alpha value is -1.39. The van der Waals surface area contributed by atoms with E-state index in [0.29, 0.717) is 4.99 Å². The molecule has 0 bridgehead atoms. The summed E-state index contributed by atoms with van der Waals surface area (Å²) >= 11 is 8.50. The molecule has 3 N–H and O–H groups in total. The second kappa shape index (κ2) is 5.50. The Labute approximate surface area is 120 Å². The number of aryl methyl sites for hydroxylation is 1. The summed E-state index contributed by atoms with van der Waals surface area (Å²) in [6, 6.07) is 14.0. The van der Waals surface area contributed by atoms with E-state index in [-0.39, 0.29) is 0 Å². The van der Waals surface area contributed by atoms with E-state index in [4.69, 9.17) is 18.0 Å². The molecule has 0 amide bonds. The number of hydrogen-bond donors (Lipinski definition) is 2. The summed E-state index contributed by atoms with van der Waals surface area (Å²) < 4.78 is 0.983. The molecular weight excluding hydrogens is 308 g/mol. The molecule has 2 rings (SSSR count). The summed E-state index contributed by atoms with van der Waals surface area (Å²) in [6.07, 6.45) is 0. The smallest absolute Gasteiger partial charge is 0.106 e. The molecule has 2 aromatic carbocycles. The van der Waals surface area contributed by atoms with Crippen LogP contribution in [0.3, 0.4) is 0 Å². The van der Waals surface area contributed by atoms with E-state index in [1.165, 1.54) is 5.56 Å². The molecule has 0 aliphatic heterocycles. The molecule has 0 saturated heterocycles. The van der Waals surface area contributed by atoms with Crippen molar-refractivity contribution >= 4 is 44.5 Å². The van der Waals surface area contributed by atoms with E-state index >= 15 is 0 Å². The maximum Gasteiger partial charge on any atom is 0.106 e. The summed E-state index contributed by atoms with van der Waals surface area (Å²) in [5.41, 5.74) is 9.70. The Morgan fingerprint density at radius 2 is 1.83 bits per heavy atom. The highest BCUT2D eigenvalue weighted by molar-refractivity contribution is 9.10. The molecule has 18 heavy (non-hydrogen) atoms. The van der Waals surface area contributed by atoms with Crippen LogP contribution in [0.4, 0.5) is 11.4 Å². The minimum absolute atomic E-state index is 0.386. The number of nitrogens with two attached hydrogens (primary N) is 1. The third-order valence-electron chi connectivity index (χ3n) is 2.58. The number of thiocarbonyl (C=S) groups is 1. The number of benzene rings is 2. The third kappa shape index (κ3) is 3.09. The first-order valence-electron chi connectivity index (χ1n) is 5.49. The van der Waals surface area contributed by atoms with Crippen molar-refractivity contribution in [3.05, 3.63) is 58.1 Å². The van der Waals surface area contributed by atoms with Crippen molar-refractivity contribution in [3.63, 3.8) is 0 Å². The fourth-order valence-corrected chi connectivity index (χ4v) is 2.17. The maximum atomic E-state index is 5.72. The summed E-state index contributed by atoms with van der Waals surface area (Å²) in [4.78, 5) is 0.386. The van der Waals surface area contributed by atoms with E-state index in [1.54, 1.807) is 0 Å². The Kier molecular flexibility index (Phi) is 3.99. The van der Waals surface area contributed by atoms with Gasteiger partial charge < -0.3 is 11.1 Å². The van der Waals surface area contributed by atoms with Crippen LogP contribution in [0.1, 0.15) is 11.1 Å².